The minimum atomic E-state index is -0.534. The third kappa shape index (κ3) is 0.815. The first-order valence-corrected chi connectivity index (χ1v) is 4.49. The molecule has 0 unspecified atom stereocenters. The van der Waals surface area contributed by atoms with Crippen molar-refractivity contribution in [2.24, 2.45) is 11.3 Å². The van der Waals surface area contributed by atoms with Gasteiger partial charge in [-0.25, -0.2) is 0 Å². The van der Waals surface area contributed by atoms with Crippen molar-refractivity contribution < 1.29 is 9.90 Å². The molecule has 0 heterocycles. The van der Waals surface area contributed by atoms with Crippen LogP contribution in [0, 0.1) is 11.3 Å². The van der Waals surface area contributed by atoms with E-state index in [-0.39, 0.29) is 5.41 Å². The van der Waals surface area contributed by atoms with E-state index in [0.29, 0.717) is 5.92 Å². The molecule has 0 spiro atoms. The van der Waals surface area contributed by atoms with Gasteiger partial charge < -0.3 is 5.11 Å². The van der Waals surface area contributed by atoms with E-state index in [9.17, 15) is 4.79 Å². The van der Waals surface area contributed by atoms with E-state index in [1.807, 2.05) is 0 Å². The van der Waals surface area contributed by atoms with Crippen LogP contribution in [-0.2, 0) is 4.79 Å². The standard InChI is InChI=1S/C9H14O2/c10-8(11)9(5-2-6-9)7-3-1-4-7/h7H,1-6H2,(H,10,11). The van der Waals surface area contributed by atoms with Gasteiger partial charge in [0.25, 0.3) is 0 Å². The highest BCUT2D eigenvalue weighted by molar-refractivity contribution is 5.76. The molecule has 0 bridgehead atoms. The zero-order chi connectivity index (χ0) is 7.90. The van der Waals surface area contributed by atoms with Crippen molar-refractivity contribution in [1.29, 1.82) is 0 Å². The van der Waals surface area contributed by atoms with Gasteiger partial charge in [0, 0.05) is 0 Å². The van der Waals surface area contributed by atoms with E-state index < -0.39 is 5.97 Å². The van der Waals surface area contributed by atoms with Gasteiger partial charge in [-0.2, -0.15) is 0 Å². The summed E-state index contributed by atoms with van der Waals surface area (Å²) in [5, 5.41) is 9.02. The van der Waals surface area contributed by atoms with Crippen molar-refractivity contribution in [1.82, 2.24) is 0 Å². The second-order valence-corrected chi connectivity index (χ2v) is 3.94. The second-order valence-electron chi connectivity index (χ2n) is 3.94. The summed E-state index contributed by atoms with van der Waals surface area (Å²) in [6.45, 7) is 0. The molecule has 2 fully saturated rings. The van der Waals surface area contributed by atoms with Gasteiger partial charge in [0.05, 0.1) is 5.41 Å². The number of carbonyl (C=O) groups is 1. The lowest BCUT2D eigenvalue weighted by Crippen LogP contribution is -2.47. The zero-order valence-electron chi connectivity index (χ0n) is 6.68. The molecule has 2 aliphatic rings. The Hall–Kier alpha value is -0.530. The van der Waals surface area contributed by atoms with Crippen molar-refractivity contribution in [3.8, 4) is 0 Å². The molecular formula is C9H14O2. The predicted octanol–water partition coefficient (Wildman–Crippen LogP) is 2.04. The molecule has 0 saturated heterocycles. The average molecular weight is 154 g/mol. The number of carboxylic acids is 1. The van der Waals surface area contributed by atoms with Crippen LogP contribution in [0.3, 0.4) is 0 Å². The first-order valence-electron chi connectivity index (χ1n) is 4.49. The van der Waals surface area contributed by atoms with Crippen molar-refractivity contribution in [3.63, 3.8) is 0 Å². The fourth-order valence-electron chi connectivity index (χ4n) is 2.32. The molecular weight excluding hydrogens is 140 g/mol. The topological polar surface area (TPSA) is 37.3 Å². The first-order chi connectivity index (χ1) is 5.26. The molecule has 2 nitrogen and oxygen atoms in total. The van der Waals surface area contributed by atoms with Crippen LogP contribution in [0.25, 0.3) is 0 Å². The molecule has 0 aliphatic heterocycles. The van der Waals surface area contributed by atoms with Crippen LogP contribution in [-0.4, -0.2) is 11.1 Å². The molecule has 0 aromatic heterocycles. The smallest absolute Gasteiger partial charge is 0.309 e. The number of aliphatic carboxylic acids is 1. The Labute approximate surface area is 66.6 Å². The van der Waals surface area contributed by atoms with E-state index in [4.69, 9.17) is 5.11 Å². The van der Waals surface area contributed by atoms with E-state index in [1.165, 1.54) is 6.42 Å². The molecule has 2 rings (SSSR count). The Morgan fingerprint density at radius 1 is 1.27 bits per heavy atom. The molecule has 0 radical (unpaired) electrons. The Bertz CT molecular complexity index is 178. The summed E-state index contributed by atoms with van der Waals surface area (Å²) in [4.78, 5) is 10.9. The van der Waals surface area contributed by atoms with E-state index in [2.05, 4.69) is 0 Å². The third-order valence-corrected chi connectivity index (χ3v) is 3.56. The maximum absolute atomic E-state index is 10.9. The monoisotopic (exact) mass is 154 g/mol. The van der Waals surface area contributed by atoms with Crippen LogP contribution in [0.2, 0.25) is 0 Å². The minimum Gasteiger partial charge on any atom is -0.481 e. The summed E-state index contributed by atoms with van der Waals surface area (Å²) >= 11 is 0. The van der Waals surface area contributed by atoms with Gasteiger partial charge >= 0.3 is 5.97 Å². The number of carboxylic acid groups (broad SMARTS) is 1. The van der Waals surface area contributed by atoms with Crippen molar-refractivity contribution >= 4 is 5.97 Å². The number of hydrogen-bond donors (Lipinski definition) is 1. The second kappa shape index (κ2) is 2.23. The maximum atomic E-state index is 10.9. The maximum Gasteiger partial charge on any atom is 0.309 e. The SMILES string of the molecule is O=C(O)C1(C2CCC2)CCC1. The highest BCUT2D eigenvalue weighted by Gasteiger charge is 2.51. The van der Waals surface area contributed by atoms with E-state index in [0.717, 1.165) is 32.1 Å². The largest absolute Gasteiger partial charge is 0.481 e. The van der Waals surface area contributed by atoms with E-state index in [1.54, 1.807) is 0 Å². The predicted molar refractivity (Wildman–Crippen MR) is 41.3 cm³/mol. The molecule has 0 aromatic carbocycles. The Morgan fingerprint density at radius 3 is 2.00 bits per heavy atom. The van der Waals surface area contributed by atoms with Gasteiger partial charge in [-0.3, -0.25) is 4.79 Å². The van der Waals surface area contributed by atoms with Gasteiger partial charge in [-0.1, -0.05) is 12.8 Å². The van der Waals surface area contributed by atoms with Crippen LogP contribution in [0.5, 0.6) is 0 Å². The molecule has 1 N–H and O–H groups in total. The highest BCUT2D eigenvalue weighted by atomic mass is 16.4. The van der Waals surface area contributed by atoms with Crippen molar-refractivity contribution in [3.05, 3.63) is 0 Å². The summed E-state index contributed by atoms with van der Waals surface area (Å²) in [6, 6.07) is 0. The normalized spacial score (nSPS) is 28.7. The fraction of sp³-hybridized carbons (Fsp3) is 0.889. The first kappa shape index (κ1) is 7.14. The summed E-state index contributed by atoms with van der Waals surface area (Å²) in [5.74, 6) is -0.0119. The van der Waals surface area contributed by atoms with Crippen LogP contribution in [0.1, 0.15) is 38.5 Å². The molecule has 2 heteroatoms. The molecule has 62 valence electrons. The van der Waals surface area contributed by atoms with Gasteiger partial charge in [0.2, 0.25) is 0 Å². The number of rotatable bonds is 2. The van der Waals surface area contributed by atoms with Crippen LogP contribution >= 0.6 is 0 Å². The van der Waals surface area contributed by atoms with Gasteiger partial charge in [-0.15, -0.1) is 0 Å². The average Bonchev–Trinajstić information content (AvgIpc) is 1.71. The van der Waals surface area contributed by atoms with Gasteiger partial charge in [0.1, 0.15) is 0 Å². The Morgan fingerprint density at radius 2 is 1.91 bits per heavy atom. The molecule has 11 heavy (non-hydrogen) atoms. The summed E-state index contributed by atoms with van der Waals surface area (Å²) < 4.78 is 0. The minimum absolute atomic E-state index is 0.266. The van der Waals surface area contributed by atoms with E-state index >= 15 is 0 Å². The molecule has 2 aliphatic carbocycles. The summed E-state index contributed by atoms with van der Waals surface area (Å²) in [5.41, 5.74) is -0.266. The lowest BCUT2D eigenvalue weighted by atomic mass is 9.55. The van der Waals surface area contributed by atoms with Crippen LogP contribution in [0.4, 0.5) is 0 Å². The molecule has 0 aromatic rings. The zero-order valence-corrected chi connectivity index (χ0v) is 6.68. The third-order valence-electron chi connectivity index (χ3n) is 3.56. The Kier molecular flexibility index (Phi) is 1.44. The fourth-order valence-corrected chi connectivity index (χ4v) is 2.32. The lowest BCUT2D eigenvalue weighted by Gasteiger charge is -2.48. The molecule has 2 saturated carbocycles. The van der Waals surface area contributed by atoms with Crippen LogP contribution in [0.15, 0.2) is 0 Å². The number of hydrogen-bond acceptors (Lipinski definition) is 1. The lowest BCUT2D eigenvalue weighted by molar-refractivity contribution is -0.163. The highest BCUT2D eigenvalue weighted by Crippen LogP contribution is 2.54. The van der Waals surface area contributed by atoms with Crippen molar-refractivity contribution in [2.45, 2.75) is 38.5 Å². The Balaban J connectivity index is 2.09. The summed E-state index contributed by atoms with van der Waals surface area (Å²) in [7, 11) is 0. The quantitative estimate of drug-likeness (QED) is 0.660. The van der Waals surface area contributed by atoms with Crippen molar-refractivity contribution in [2.75, 3.05) is 0 Å². The van der Waals surface area contributed by atoms with Gasteiger partial charge in [-0.05, 0) is 31.6 Å². The molecule has 0 atom stereocenters. The van der Waals surface area contributed by atoms with Gasteiger partial charge in [0.15, 0.2) is 0 Å². The summed E-state index contributed by atoms with van der Waals surface area (Å²) in [6.07, 6.45) is 6.57. The van der Waals surface area contributed by atoms with Crippen LogP contribution < -0.4 is 0 Å². The molecule has 0 amide bonds.